The number of nitrogen functional groups attached to an aromatic ring is 1. The Morgan fingerprint density at radius 1 is 1.11 bits per heavy atom. The number of carbonyl (C=O) groups is 1. The normalized spacial score (nSPS) is 10.1. The van der Waals surface area contributed by atoms with Gasteiger partial charge in [-0.1, -0.05) is 0 Å². The van der Waals surface area contributed by atoms with Crippen molar-refractivity contribution in [2.24, 2.45) is 0 Å². The molecule has 0 bridgehead atoms. The molecular weight excluding hydrogens is 232 g/mol. The molecule has 5 nitrogen and oxygen atoms in total. The van der Waals surface area contributed by atoms with Crippen LogP contribution in [-0.2, 0) is 0 Å². The van der Waals surface area contributed by atoms with E-state index >= 15 is 0 Å². The maximum Gasteiger partial charge on any atom is 0.335 e. The zero-order valence-electron chi connectivity index (χ0n) is 9.59. The number of anilines is 1. The molecule has 2 aromatic rings. The molecule has 0 saturated carbocycles. The number of carboxylic acid groups (broad SMARTS) is 1. The van der Waals surface area contributed by atoms with Gasteiger partial charge in [0.25, 0.3) is 0 Å². The standard InChI is InChI=1S/C13H12N2O3/c14-11-6-5-10(7-12(11)15)18-9-3-1-8(2-4-9)13(16)17/h1-7H,14-15H2,(H,16,17)/p+1. The van der Waals surface area contributed by atoms with Gasteiger partial charge in [-0.2, -0.15) is 0 Å². The minimum absolute atomic E-state index is 0.218. The minimum Gasteiger partial charge on any atom is -0.478 e. The molecule has 0 unspecified atom stereocenters. The van der Waals surface area contributed by atoms with Gasteiger partial charge in [-0.25, -0.2) is 4.79 Å². The molecule has 2 aromatic carbocycles. The van der Waals surface area contributed by atoms with Crippen LogP contribution in [0.1, 0.15) is 10.4 Å². The fraction of sp³-hybridized carbons (Fsp3) is 0. The van der Waals surface area contributed by atoms with Crippen molar-refractivity contribution >= 4 is 17.3 Å². The molecule has 0 atom stereocenters. The van der Waals surface area contributed by atoms with Gasteiger partial charge >= 0.3 is 5.97 Å². The maximum absolute atomic E-state index is 10.7. The van der Waals surface area contributed by atoms with Crippen LogP contribution in [-0.4, -0.2) is 11.1 Å². The number of benzene rings is 2. The van der Waals surface area contributed by atoms with E-state index in [1.165, 1.54) is 12.1 Å². The van der Waals surface area contributed by atoms with Crippen LogP contribution in [0.15, 0.2) is 42.5 Å². The van der Waals surface area contributed by atoms with Gasteiger partial charge in [0.15, 0.2) is 5.69 Å². The van der Waals surface area contributed by atoms with Crippen molar-refractivity contribution in [3.05, 3.63) is 48.0 Å². The molecule has 0 saturated heterocycles. The van der Waals surface area contributed by atoms with Crippen molar-refractivity contribution in [1.82, 2.24) is 0 Å². The minimum atomic E-state index is -0.966. The smallest absolute Gasteiger partial charge is 0.335 e. The fourth-order valence-electron chi connectivity index (χ4n) is 1.44. The highest BCUT2D eigenvalue weighted by Crippen LogP contribution is 2.25. The number of aromatic carboxylic acids is 1. The van der Waals surface area contributed by atoms with E-state index in [-0.39, 0.29) is 5.56 Å². The van der Waals surface area contributed by atoms with Crippen molar-refractivity contribution in [3.63, 3.8) is 0 Å². The Balaban J connectivity index is 2.18. The van der Waals surface area contributed by atoms with E-state index in [2.05, 4.69) is 5.73 Å². The number of hydrogen-bond donors (Lipinski definition) is 3. The second-order valence-electron chi connectivity index (χ2n) is 3.79. The summed E-state index contributed by atoms with van der Waals surface area (Å²) in [5.74, 6) is 0.173. The molecule has 92 valence electrons. The molecule has 0 aliphatic rings. The first-order valence-corrected chi connectivity index (χ1v) is 5.29. The van der Waals surface area contributed by atoms with Crippen LogP contribution in [0.5, 0.6) is 11.5 Å². The average Bonchev–Trinajstić information content (AvgIpc) is 2.34. The molecule has 0 fully saturated rings. The topological polar surface area (TPSA) is 100 Å². The Bertz CT molecular complexity index is 579. The van der Waals surface area contributed by atoms with Crippen LogP contribution in [0, 0.1) is 0 Å². The number of nitrogens with two attached hydrogens (primary N) is 1. The van der Waals surface area contributed by atoms with Crippen LogP contribution < -0.4 is 16.2 Å². The quantitative estimate of drug-likeness (QED) is 0.715. The summed E-state index contributed by atoms with van der Waals surface area (Å²) in [5, 5.41) is 8.77. The Labute approximate surface area is 104 Å². The summed E-state index contributed by atoms with van der Waals surface area (Å²) < 4.78 is 5.55. The Kier molecular flexibility index (Phi) is 3.16. The number of carboxylic acids is 1. The summed E-state index contributed by atoms with van der Waals surface area (Å²) in [6.07, 6.45) is 0. The molecule has 6 N–H and O–H groups in total. The largest absolute Gasteiger partial charge is 0.478 e. The molecular formula is C13H13N2O3+. The molecule has 2 rings (SSSR count). The molecule has 0 aliphatic carbocycles. The lowest BCUT2D eigenvalue weighted by atomic mass is 10.2. The summed E-state index contributed by atoms with van der Waals surface area (Å²) in [6.45, 7) is 0. The first kappa shape index (κ1) is 11.9. The predicted octanol–water partition coefficient (Wildman–Crippen LogP) is 1.63. The Morgan fingerprint density at radius 2 is 1.72 bits per heavy atom. The van der Waals surface area contributed by atoms with Gasteiger partial charge in [-0.3, -0.25) is 0 Å². The number of ether oxygens (including phenoxy) is 1. The summed E-state index contributed by atoms with van der Waals surface area (Å²) in [4.78, 5) is 10.7. The van der Waals surface area contributed by atoms with E-state index in [0.29, 0.717) is 17.2 Å². The first-order chi connectivity index (χ1) is 8.56. The third kappa shape index (κ3) is 2.58. The third-order valence-corrected chi connectivity index (χ3v) is 2.45. The van der Waals surface area contributed by atoms with E-state index in [4.69, 9.17) is 15.6 Å². The summed E-state index contributed by atoms with van der Waals surface area (Å²) >= 11 is 0. The van der Waals surface area contributed by atoms with E-state index in [1.807, 2.05) is 0 Å². The fourth-order valence-corrected chi connectivity index (χ4v) is 1.44. The highest BCUT2D eigenvalue weighted by Gasteiger charge is 2.04. The Hall–Kier alpha value is -2.53. The zero-order chi connectivity index (χ0) is 13.1. The lowest BCUT2D eigenvalue weighted by molar-refractivity contribution is -0.253. The highest BCUT2D eigenvalue weighted by atomic mass is 16.5. The van der Waals surface area contributed by atoms with E-state index in [9.17, 15) is 4.79 Å². The van der Waals surface area contributed by atoms with E-state index in [0.717, 1.165) is 5.69 Å². The second-order valence-corrected chi connectivity index (χ2v) is 3.79. The lowest BCUT2D eigenvalue weighted by Gasteiger charge is -2.06. The van der Waals surface area contributed by atoms with Crippen LogP contribution in [0.4, 0.5) is 11.4 Å². The van der Waals surface area contributed by atoms with Gasteiger partial charge < -0.3 is 21.3 Å². The van der Waals surface area contributed by atoms with Crippen molar-refractivity contribution in [2.45, 2.75) is 0 Å². The monoisotopic (exact) mass is 245 g/mol. The molecule has 0 radical (unpaired) electrons. The summed E-state index contributed by atoms with van der Waals surface area (Å²) in [5.41, 5.74) is 11.0. The molecule has 0 heterocycles. The summed E-state index contributed by atoms with van der Waals surface area (Å²) in [6, 6.07) is 11.3. The van der Waals surface area contributed by atoms with Gasteiger partial charge in [-0.05, 0) is 30.3 Å². The second kappa shape index (κ2) is 4.77. The SMILES string of the molecule is Nc1cc(Oc2ccc(C(=O)O)cc2)ccc1[NH3+]. The van der Waals surface area contributed by atoms with Crippen LogP contribution in [0.2, 0.25) is 0 Å². The van der Waals surface area contributed by atoms with Crippen molar-refractivity contribution in [1.29, 1.82) is 0 Å². The average molecular weight is 245 g/mol. The lowest BCUT2D eigenvalue weighted by Crippen LogP contribution is -2.40. The molecule has 0 aromatic heterocycles. The Morgan fingerprint density at radius 3 is 2.28 bits per heavy atom. The van der Waals surface area contributed by atoms with Gasteiger partial charge in [0.1, 0.15) is 11.5 Å². The van der Waals surface area contributed by atoms with Crippen molar-refractivity contribution in [3.8, 4) is 11.5 Å². The first-order valence-electron chi connectivity index (χ1n) is 5.29. The zero-order valence-corrected chi connectivity index (χ0v) is 9.59. The molecule has 0 aliphatic heterocycles. The van der Waals surface area contributed by atoms with E-state index in [1.54, 1.807) is 30.3 Å². The van der Waals surface area contributed by atoms with Gasteiger partial charge in [0.2, 0.25) is 0 Å². The van der Waals surface area contributed by atoms with Gasteiger partial charge in [0, 0.05) is 12.1 Å². The van der Waals surface area contributed by atoms with Gasteiger partial charge in [0.05, 0.1) is 11.3 Å². The number of hydrogen-bond acceptors (Lipinski definition) is 3. The highest BCUT2D eigenvalue weighted by molar-refractivity contribution is 5.87. The maximum atomic E-state index is 10.7. The molecule has 5 heteroatoms. The van der Waals surface area contributed by atoms with Gasteiger partial charge in [-0.15, -0.1) is 0 Å². The van der Waals surface area contributed by atoms with Crippen LogP contribution in [0.3, 0.4) is 0 Å². The number of quaternary nitrogens is 1. The number of rotatable bonds is 3. The molecule has 0 amide bonds. The third-order valence-electron chi connectivity index (χ3n) is 2.45. The molecule has 0 spiro atoms. The molecule has 18 heavy (non-hydrogen) atoms. The van der Waals surface area contributed by atoms with Crippen molar-refractivity contribution < 1.29 is 20.4 Å². The van der Waals surface area contributed by atoms with Crippen LogP contribution in [0.25, 0.3) is 0 Å². The van der Waals surface area contributed by atoms with Crippen molar-refractivity contribution in [2.75, 3.05) is 5.73 Å². The van der Waals surface area contributed by atoms with Crippen LogP contribution >= 0.6 is 0 Å². The summed E-state index contributed by atoms with van der Waals surface area (Å²) in [7, 11) is 0. The predicted molar refractivity (Wildman–Crippen MR) is 66.9 cm³/mol. The van der Waals surface area contributed by atoms with E-state index < -0.39 is 5.97 Å².